The molecule has 2 heterocycles. The Morgan fingerprint density at radius 3 is 2.52 bits per heavy atom. The molecular formula is C20H23F2N5O2. The summed E-state index contributed by atoms with van der Waals surface area (Å²) in [6.07, 6.45) is 6.91. The summed E-state index contributed by atoms with van der Waals surface area (Å²) in [6.45, 7) is 0.803. The molecule has 0 N–H and O–H groups in total. The van der Waals surface area contributed by atoms with Crippen LogP contribution in [0.3, 0.4) is 0 Å². The van der Waals surface area contributed by atoms with E-state index in [9.17, 15) is 18.4 Å². The molecule has 1 aliphatic carbocycles. The molecule has 0 spiro atoms. The smallest absolute Gasteiger partial charge is 0.276 e. The minimum Gasteiger partial charge on any atom is -0.336 e. The predicted molar refractivity (Wildman–Crippen MR) is 100.0 cm³/mol. The first-order valence-corrected chi connectivity index (χ1v) is 9.94. The molecule has 0 unspecified atom stereocenters. The van der Waals surface area contributed by atoms with Crippen LogP contribution in [0.5, 0.6) is 0 Å². The van der Waals surface area contributed by atoms with E-state index in [-0.39, 0.29) is 36.3 Å². The van der Waals surface area contributed by atoms with Gasteiger partial charge in [-0.1, -0.05) is 30.5 Å². The van der Waals surface area contributed by atoms with Gasteiger partial charge in [0.15, 0.2) is 5.69 Å². The largest absolute Gasteiger partial charge is 0.336 e. The zero-order valence-corrected chi connectivity index (χ0v) is 16.1. The number of benzene rings is 1. The third-order valence-electron chi connectivity index (χ3n) is 5.70. The molecule has 29 heavy (non-hydrogen) atoms. The zero-order chi connectivity index (χ0) is 20.4. The Morgan fingerprint density at radius 1 is 1.10 bits per heavy atom. The van der Waals surface area contributed by atoms with Crippen LogP contribution in [0.15, 0.2) is 24.4 Å². The fourth-order valence-electron chi connectivity index (χ4n) is 4.12. The number of amides is 2. The number of aromatic nitrogens is 3. The molecular weight excluding hydrogens is 380 g/mol. The fraction of sp³-hybridized carbons (Fsp3) is 0.500. The Labute approximate surface area is 167 Å². The van der Waals surface area contributed by atoms with Gasteiger partial charge < -0.3 is 9.80 Å². The molecule has 4 rings (SSSR count). The normalized spacial score (nSPS) is 18.3. The summed E-state index contributed by atoms with van der Waals surface area (Å²) in [5.74, 6) is -1.81. The van der Waals surface area contributed by atoms with E-state index < -0.39 is 17.5 Å². The van der Waals surface area contributed by atoms with E-state index in [1.807, 2.05) is 4.90 Å². The molecule has 1 aliphatic heterocycles. The lowest BCUT2D eigenvalue weighted by Gasteiger charge is -2.40. The van der Waals surface area contributed by atoms with E-state index >= 15 is 0 Å². The van der Waals surface area contributed by atoms with Gasteiger partial charge in [-0.3, -0.25) is 9.59 Å². The Balaban J connectivity index is 1.40. The highest BCUT2D eigenvalue weighted by Crippen LogP contribution is 2.24. The Kier molecular flexibility index (Phi) is 5.55. The van der Waals surface area contributed by atoms with Gasteiger partial charge in [0, 0.05) is 24.7 Å². The molecule has 9 heteroatoms. The van der Waals surface area contributed by atoms with Crippen LogP contribution in [0.2, 0.25) is 0 Å². The van der Waals surface area contributed by atoms with Gasteiger partial charge in [-0.25, -0.2) is 13.5 Å². The second-order valence-corrected chi connectivity index (χ2v) is 7.61. The highest BCUT2D eigenvalue weighted by Gasteiger charge is 2.33. The number of carbonyl (C=O) groups excluding carboxylic acids is 2. The Morgan fingerprint density at radius 2 is 1.83 bits per heavy atom. The predicted octanol–water partition coefficient (Wildman–Crippen LogP) is 2.22. The van der Waals surface area contributed by atoms with Crippen molar-refractivity contribution in [2.45, 2.75) is 44.7 Å². The molecule has 0 radical (unpaired) electrons. The van der Waals surface area contributed by atoms with Gasteiger partial charge in [0.1, 0.15) is 18.2 Å². The minimum atomic E-state index is -0.683. The van der Waals surface area contributed by atoms with Crippen molar-refractivity contribution in [1.82, 2.24) is 24.8 Å². The van der Waals surface area contributed by atoms with Crippen molar-refractivity contribution in [3.63, 3.8) is 0 Å². The first kappa shape index (κ1) is 19.5. The highest BCUT2D eigenvalue weighted by atomic mass is 19.1. The molecule has 1 aromatic carbocycles. The van der Waals surface area contributed by atoms with Crippen LogP contribution in [0.1, 0.15) is 48.2 Å². The van der Waals surface area contributed by atoms with Crippen LogP contribution in [-0.2, 0) is 11.3 Å². The number of hydrogen-bond donors (Lipinski definition) is 0. The van der Waals surface area contributed by atoms with E-state index in [0.717, 1.165) is 25.7 Å². The number of carbonyl (C=O) groups is 2. The van der Waals surface area contributed by atoms with Crippen LogP contribution in [0.25, 0.3) is 0 Å². The first-order chi connectivity index (χ1) is 14.0. The summed E-state index contributed by atoms with van der Waals surface area (Å²) in [5.41, 5.74) is -0.0895. The van der Waals surface area contributed by atoms with Gasteiger partial charge in [0.25, 0.3) is 5.91 Å². The average molecular weight is 403 g/mol. The molecule has 2 aromatic rings. The molecule has 7 nitrogen and oxygen atoms in total. The first-order valence-electron chi connectivity index (χ1n) is 9.94. The summed E-state index contributed by atoms with van der Waals surface area (Å²) >= 11 is 0. The van der Waals surface area contributed by atoms with E-state index in [2.05, 4.69) is 10.3 Å². The van der Waals surface area contributed by atoms with Gasteiger partial charge in [-0.05, 0) is 25.0 Å². The lowest BCUT2D eigenvalue weighted by Crippen LogP contribution is -2.55. The number of nitrogens with zero attached hydrogens (tertiary/aromatic N) is 5. The zero-order valence-electron chi connectivity index (χ0n) is 16.1. The van der Waals surface area contributed by atoms with Crippen LogP contribution in [0.4, 0.5) is 8.78 Å². The van der Waals surface area contributed by atoms with Gasteiger partial charge >= 0.3 is 0 Å². The summed E-state index contributed by atoms with van der Waals surface area (Å²) < 4.78 is 28.8. The molecule has 0 atom stereocenters. The summed E-state index contributed by atoms with van der Waals surface area (Å²) in [4.78, 5) is 28.6. The third kappa shape index (κ3) is 4.13. The number of piperazine rings is 1. The van der Waals surface area contributed by atoms with Crippen LogP contribution >= 0.6 is 0 Å². The van der Waals surface area contributed by atoms with E-state index in [1.54, 1.807) is 0 Å². The second-order valence-electron chi connectivity index (χ2n) is 7.61. The van der Waals surface area contributed by atoms with Crippen molar-refractivity contribution in [2.24, 2.45) is 0 Å². The standard InChI is InChI=1S/C20H23F2N5O2/c21-16-7-4-8-17(22)15(16)11-26-12-18(23-24-26)20(29)25-9-10-27(19(28)13-25)14-5-2-1-3-6-14/h4,7-8,12,14H,1-3,5-6,9-11,13H2. The number of hydrogen-bond acceptors (Lipinski definition) is 4. The number of halogens is 2. The number of rotatable bonds is 4. The van der Waals surface area contributed by atoms with Crippen molar-refractivity contribution in [3.05, 3.63) is 47.3 Å². The monoisotopic (exact) mass is 403 g/mol. The third-order valence-corrected chi connectivity index (χ3v) is 5.70. The van der Waals surface area contributed by atoms with E-state index in [0.29, 0.717) is 13.1 Å². The topological polar surface area (TPSA) is 71.3 Å². The second kappa shape index (κ2) is 8.26. The van der Waals surface area contributed by atoms with Gasteiger partial charge in [-0.2, -0.15) is 0 Å². The van der Waals surface area contributed by atoms with Crippen LogP contribution < -0.4 is 0 Å². The highest BCUT2D eigenvalue weighted by molar-refractivity contribution is 5.95. The van der Waals surface area contributed by atoms with Crippen LogP contribution in [0, 0.1) is 11.6 Å². The molecule has 2 aliphatic rings. The maximum absolute atomic E-state index is 13.8. The fourth-order valence-corrected chi connectivity index (χ4v) is 4.12. The van der Waals surface area contributed by atoms with Crippen molar-refractivity contribution in [3.8, 4) is 0 Å². The van der Waals surface area contributed by atoms with Gasteiger partial charge in [0.05, 0.1) is 12.7 Å². The van der Waals surface area contributed by atoms with E-state index in [1.165, 1.54) is 40.4 Å². The molecule has 1 saturated carbocycles. The summed E-state index contributed by atoms with van der Waals surface area (Å²) in [7, 11) is 0. The van der Waals surface area contributed by atoms with Gasteiger partial charge in [0.2, 0.25) is 5.91 Å². The van der Waals surface area contributed by atoms with Crippen molar-refractivity contribution in [1.29, 1.82) is 0 Å². The van der Waals surface area contributed by atoms with Crippen molar-refractivity contribution >= 4 is 11.8 Å². The molecule has 2 amide bonds. The van der Waals surface area contributed by atoms with Gasteiger partial charge in [-0.15, -0.1) is 5.10 Å². The maximum atomic E-state index is 13.8. The summed E-state index contributed by atoms with van der Waals surface area (Å²) in [5, 5.41) is 7.64. The Hall–Kier alpha value is -2.84. The quantitative estimate of drug-likeness (QED) is 0.785. The molecule has 0 bridgehead atoms. The average Bonchev–Trinajstić information content (AvgIpc) is 3.19. The molecule has 2 fully saturated rings. The van der Waals surface area contributed by atoms with Crippen molar-refractivity contribution in [2.75, 3.05) is 19.6 Å². The summed E-state index contributed by atoms with van der Waals surface area (Å²) in [6, 6.07) is 3.90. The minimum absolute atomic E-state index is 0.0180. The Bertz CT molecular complexity index is 890. The lowest BCUT2D eigenvalue weighted by atomic mass is 9.93. The molecule has 1 saturated heterocycles. The van der Waals surface area contributed by atoms with E-state index in [4.69, 9.17) is 0 Å². The van der Waals surface area contributed by atoms with Crippen LogP contribution in [-0.4, -0.2) is 62.3 Å². The molecule has 1 aromatic heterocycles. The SMILES string of the molecule is O=C(c1cn(Cc2c(F)cccc2F)nn1)N1CCN(C2CCCCC2)C(=O)C1. The molecule has 154 valence electrons. The van der Waals surface area contributed by atoms with Crippen molar-refractivity contribution < 1.29 is 18.4 Å². The maximum Gasteiger partial charge on any atom is 0.276 e. The lowest BCUT2D eigenvalue weighted by molar-refractivity contribution is -0.138.